The van der Waals surface area contributed by atoms with E-state index in [0.29, 0.717) is 11.3 Å². The van der Waals surface area contributed by atoms with Crippen molar-refractivity contribution in [3.63, 3.8) is 0 Å². The highest BCUT2D eigenvalue weighted by atomic mass is 32.2. The number of hydrogen-bond acceptors (Lipinski definition) is 2. The topological polar surface area (TPSA) is 12.0 Å². The van der Waals surface area contributed by atoms with E-state index in [9.17, 15) is 0 Å². The van der Waals surface area contributed by atoms with E-state index in [0.717, 1.165) is 6.54 Å². The lowest BCUT2D eigenvalue weighted by Gasteiger charge is -2.27. The highest BCUT2D eigenvalue weighted by Crippen LogP contribution is 2.39. The van der Waals surface area contributed by atoms with Gasteiger partial charge in [0.1, 0.15) is 0 Å². The zero-order valence-corrected chi connectivity index (χ0v) is 13.4. The van der Waals surface area contributed by atoms with Crippen LogP contribution in [0.4, 0.5) is 0 Å². The third kappa shape index (κ3) is 3.50. The molecule has 0 spiro atoms. The molecule has 0 bridgehead atoms. The van der Waals surface area contributed by atoms with Crippen LogP contribution in [0.5, 0.6) is 0 Å². The van der Waals surface area contributed by atoms with Crippen LogP contribution in [0.1, 0.15) is 36.9 Å². The average Bonchev–Trinajstić information content (AvgIpc) is 2.69. The Morgan fingerprint density at radius 3 is 2.62 bits per heavy atom. The first-order valence-electron chi connectivity index (χ1n) is 7.91. The summed E-state index contributed by atoms with van der Waals surface area (Å²) in [5, 5.41) is 4.34. The number of fused-ring (bicyclic) bond motifs is 1. The van der Waals surface area contributed by atoms with Gasteiger partial charge in [0.2, 0.25) is 0 Å². The van der Waals surface area contributed by atoms with E-state index in [1.807, 2.05) is 11.8 Å². The Morgan fingerprint density at radius 1 is 1.05 bits per heavy atom. The summed E-state index contributed by atoms with van der Waals surface area (Å²) in [5.41, 5.74) is 3.03. The summed E-state index contributed by atoms with van der Waals surface area (Å²) < 4.78 is 0. The molecule has 0 amide bonds. The first kappa shape index (κ1) is 14.7. The van der Waals surface area contributed by atoms with Crippen LogP contribution in [0, 0.1) is 0 Å². The van der Waals surface area contributed by atoms with Gasteiger partial charge in [0, 0.05) is 16.2 Å². The monoisotopic (exact) mass is 297 g/mol. The van der Waals surface area contributed by atoms with E-state index in [-0.39, 0.29) is 0 Å². The minimum Gasteiger partial charge on any atom is -0.309 e. The molecule has 2 unspecified atom stereocenters. The molecule has 1 aliphatic rings. The van der Waals surface area contributed by atoms with Crippen LogP contribution in [-0.2, 0) is 6.42 Å². The van der Waals surface area contributed by atoms with Crippen molar-refractivity contribution in [2.24, 2.45) is 0 Å². The molecule has 2 heteroatoms. The quantitative estimate of drug-likeness (QED) is 0.811. The van der Waals surface area contributed by atoms with Crippen LogP contribution in [0.15, 0.2) is 59.5 Å². The molecular weight excluding hydrogens is 274 g/mol. The normalized spacial score (nSPS) is 21.6. The molecule has 0 fully saturated rings. The number of aryl methyl sites for hydroxylation is 1. The summed E-state index contributed by atoms with van der Waals surface area (Å²) in [4.78, 5) is 1.38. The molecule has 3 rings (SSSR count). The highest BCUT2D eigenvalue weighted by Gasteiger charge is 2.27. The van der Waals surface area contributed by atoms with Gasteiger partial charge < -0.3 is 5.32 Å². The Kier molecular flexibility index (Phi) is 5.00. The lowest BCUT2D eigenvalue weighted by Crippen LogP contribution is -2.29. The van der Waals surface area contributed by atoms with Gasteiger partial charge in [-0.2, -0.15) is 0 Å². The highest BCUT2D eigenvalue weighted by molar-refractivity contribution is 8.00. The van der Waals surface area contributed by atoms with Crippen molar-refractivity contribution >= 4 is 11.8 Å². The fraction of sp³-hybridized carbons (Fsp3) is 0.368. The second kappa shape index (κ2) is 7.15. The van der Waals surface area contributed by atoms with Crippen molar-refractivity contribution in [2.45, 2.75) is 42.4 Å². The molecule has 2 atom stereocenters. The summed E-state index contributed by atoms with van der Waals surface area (Å²) in [6, 6.07) is 20.2. The smallest absolute Gasteiger partial charge is 0.0446 e. The third-order valence-electron chi connectivity index (χ3n) is 4.15. The van der Waals surface area contributed by atoms with Crippen molar-refractivity contribution in [2.75, 3.05) is 6.54 Å². The van der Waals surface area contributed by atoms with E-state index in [1.165, 1.54) is 35.3 Å². The Balaban J connectivity index is 1.88. The Hall–Kier alpha value is -1.25. The SMILES string of the molecule is CCNC1c2ccccc2CCCC1Sc1ccccc1. The van der Waals surface area contributed by atoms with E-state index in [1.54, 1.807) is 0 Å². The van der Waals surface area contributed by atoms with Crippen LogP contribution in [-0.4, -0.2) is 11.8 Å². The van der Waals surface area contributed by atoms with Gasteiger partial charge in [-0.25, -0.2) is 0 Å². The molecule has 1 nitrogen and oxygen atoms in total. The molecular formula is C19H23NS. The molecule has 21 heavy (non-hydrogen) atoms. The lowest BCUT2D eigenvalue weighted by atomic mass is 9.99. The van der Waals surface area contributed by atoms with Crippen molar-refractivity contribution in [3.05, 3.63) is 65.7 Å². The summed E-state index contributed by atoms with van der Waals surface area (Å²) in [5.74, 6) is 0. The third-order valence-corrected chi connectivity index (χ3v) is 5.51. The van der Waals surface area contributed by atoms with Gasteiger partial charge in [0.15, 0.2) is 0 Å². The van der Waals surface area contributed by atoms with E-state index in [2.05, 4.69) is 66.8 Å². The maximum atomic E-state index is 3.73. The maximum absolute atomic E-state index is 3.73. The lowest BCUT2D eigenvalue weighted by molar-refractivity contribution is 0.516. The number of benzene rings is 2. The summed E-state index contributed by atoms with van der Waals surface area (Å²) in [7, 11) is 0. The van der Waals surface area contributed by atoms with E-state index in [4.69, 9.17) is 0 Å². The Labute approximate surface area is 132 Å². The molecule has 2 aromatic rings. The Morgan fingerprint density at radius 2 is 1.81 bits per heavy atom. The minimum absolute atomic E-state index is 0.457. The standard InChI is InChI=1S/C19H23NS/c1-2-20-19-17-13-7-6-9-15(17)10-8-14-18(19)21-16-11-4-3-5-12-16/h3-7,9,11-13,18-20H,2,8,10,14H2,1H3. The molecule has 1 aliphatic carbocycles. The molecule has 0 aromatic heterocycles. The first-order valence-corrected chi connectivity index (χ1v) is 8.79. The second-order valence-electron chi connectivity index (χ2n) is 5.60. The van der Waals surface area contributed by atoms with Gasteiger partial charge in [-0.1, -0.05) is 49.4 Å². The molecule has 110 valence electrons. The zero-order valence-electron chi connectivity index (χ0n) is 12.6. The van der Waals surface area contributed by atoms with Crippen LogP contribution in [0.2, 0.25) is 0 Å². The van der Waals surface area contributed by atoms with Crippen molar-refractivity contribution in [3.8, 4) is 0 Å². The molecule has 0 radical (unpaired) electrons. The molecule has 2 aromatic carbocycles. The van der Waals surface area contributed by atoms with Crippen LogP contribution in [0.3, 0.4) is 0 Å². The first-order chi connectivity index (χ1) is 10.4. The van der Waals surface area contributed by atoms with Crippen LogP contribution in [0.25, 0.3) is 0 Å². The minimum atomic E-state index is 0.457. The zero-order chi connectivity index (χ0) is 14.5. The predicted molar refractivity (Wildman–Crippen MR) is 91.9 cm³/mol. The number of hydrogen-bond donors (Lipinski definition) is 1. The second-order valence-corrected chi connectivity index (χ2v) is 6.91. The van der Waals surface area contributed by atoms with E-state index < -0.39 is 0 Å². The van der Waals surface area contributed by atoms with Crippen molar-refractivity contribution in [1.29, 1.82) is 0 Å². The predicted octanol–water partition coefficient (Wildman–Crippen LogP) is 4.83. The van der Waals surface area contributed by atoms with Gasteiger partial charge in [0.25, 0.3) is 0 Å². The van der Waals surface area contributed by atoms with Crippen LogP contribution < -0.4 is 5.32 Å². The number of thioether (sulfide) groups is 1. The van der Waals surface area contributed by atoms with Crippen molar-refractivity contribution < 1.29 is 0 Å². The molecule has 0 saturated carbocycles. The number of nitrogens with one attached hydrogen (secondary N) is 1. The molecule has 0 saturated heterocycles. The molecule has 0 aliphatic heterocycles. The van der Waals surface area contributed by atoms with Gasteiger partial charge in [0.05, 0.1) is 0 Å². The summed E-state index contributed by atoms with van der Waals surface area (Å²) >= 11 is 2.03. The molecule has 1 N–H and O–H groups in total. The fourth-order valence-corrected chi connectivity index (χ4v) is 4.52. The molecule has 0 heterocycles. The Bertz CT molecular complexity index is 567. The van der Waals surface area contributed by atoms with Gasteiger partial charge in [-0.05, 0) is 49.1 Å². The van der Waals surface area contributed by atoms with Crippen LogP contribution >= 0.6 is 11.8 Å². The number of rotatable bonds is 4. The van der Waals surface area contributed by atoms with Gasteiger partial charge >= 0.3 is 0 Å². The van der Waals surface area contributed by atoms with Crippen molar-refractivity contribution in [1.82, 2.24) is 5.32 Å². The summed E-state index contributed by atoms with van der Waals surface area (Å²) in [6.07, 6.45) is 3.76. The average molecular weight is 297 g/mol. The van der Waals surface area contributed by atoms with E-state index >= 15 is 0 Å². The van der Waals surface area contributed by atoms with Gasteiger partial charge in [-0.3, -0.25) is 0 Å². The summed E-state index contributed by atoms with van der Waals surface area (Å²) in [6.45, 7) is 3.22. The fourth-order valence-electron chi connectivity index (χ4n) is 3.19. The van der Waals surface area contributed by atoms with Gasteiger partial charge in [-0.15, -0.1) is 11.8 Å². The largest absolute Gasteiger partial charge is 0.309 e. The maximum Gasteiger partial charge on any atom is 0.0446 e.